The average molecular weight is 293 g/mol. The number of carboxylic acid groups (broad SMARTS) is 1. The second kappa shape index (κ2) is 6.41. The Kier molecular flexibility index (Phi) is 4.61. The first-order valence-corrected chi connectivity index (χ1v) is 6.26. The lowest BCUT2D eigenvalue weighted by Crippen LogP contribution is -1.96. The first-order valence-electron chi connectivity index (χ1n) is 5.88. The summed E-state index contributed by atoms with van der Waals surface area (Å²) in [5.74, 6) is -0.00343. The summed E-state index contributed by atoms with van der Waals surface area (Å²) < 4.78 is 10.7. The van der Waals surface area contributed by atoms with Crippen molar-refractivity contribution in [2.75, 3.05) is 7.11 Å². The summed E-state index contributed by atoms with van der Waals surface area (Å²) >= 11 is 6.01. The van der Waals surface area contributed by atoms with Crippen molar-refractivity contribution < 1.29 is 19.4 Å². The third-order valence-electron chi connectivity index (χ3n) is 2.62. The predicted molar refractivity (Wildman–Crippen MR) is 75.6 cm³/mol. The number of rotatable bonds is 5. The van der Waals surface area contributed by atoms with E-state index >= 15 is 0 Å². The molecule has 0 unspecified atom stereocenters. The Morgan fingerprint density at radius 3 is 2.70 bits per heavy atom. The van der Waals surface area contributed by atoms with Crippen LogP contribution in [0.25, 0.3) is 0 Å². The van der Waals surface area contributed by atoms with Gasteiger partial charge in [0.05, 0.1) is 17.2 Å². The maximum absolute atomic E-state index is 10.8. The Morgan fingerprint density at radius 1 is 1.25 bits per heavy atom. The van der Waals surface area contributed by atoms with Crippen molar-refractivity contribution in [3.8, 4) is 11.5 Å². The van der Waals surface area contributed by atoms with E-state index in [-0.39, 0.29) is 10.6 Å². The Labute approximate surface area is 121 Å². The molecule has 0 bridgehead atoms. The molecule has 104 valence electrons. The number of carboxylic acids is 1. The molecule has 2 aromatic rings. The Hall–Kier alpha value is -2.04. The third kappa shape index (κ3) is 3.50. The zero-order valence-corrected chi connectivity index (χ0v) is 11.6. The summed E-state index contributed by atoms with van der Waals surface area (Å²) in [6, 6.07) is 11.7. The van der Waals surface area contributed by atoms with Crippen LogP contribution in [0, 0.1) is 0 Å². The molecule has 0 heterocycles. The number of hydrogen-bond donors (Lipinski definition) is 1. The van der Waals surface area contributed by atoms with Crippen LogP contribution >= 0.6 is 11.6 Å². The van der Waals surface area contributed by atoms with Crippen molar-refractivity contribution in [2.24, 2.45) is 0 Å². The standard InChI is InChI=1S/C15H13ClO4/c1-19-9-10-3-2-4-12(7-10)20-14-6-5-11(15(17)18)8-13(14)16/h2-8H,9H2,1H3,(H,17,18). The molecule has 0 amide bonds. The maximum atomic E-state index is 10.8. The molecule has 0 saturated carbocycles. The zero-order valence-electron chi connectivity index (χ0n) is 10.8. The van der Waals surface area contributed by atoms with Crippen LogP contribution in [0.15, 0.2) is 42.5 Å². The number of aromatic carboxylic acids is 1. The predicted octanol–water partition coefficient (Wildman–Crippen LogP) is 3.98. The number of methoxy groups -OCH3 is 1. The summed E-state index contributed by atoms with van der Waals surface area (Å²) in [6.07, 6.45) is 0. The van der Waals surface area contributed by atoms with Crippen molar-refractivity contribution in [1.29, 1.82) is 0 Å². The summed E-state index contributed by atoms with van der Waals surface area (Å²) in [7, 11) is 1.62. The van der Waals surface area contributed by atoms with Gasteiger partial charge in [-0.3, -0.25) is 0 Å². The summed E-state index contributed by atoms with van der Waals surface area (Å²) in [4.78, 5) is 10.8. The van der Waals surface area contributed by atoms with Crippen LogP contribution in [0.1, 0.15) is 15.9 Å². The lowest BCUT2D eigenvalue weighted by molar-refractivity contribution is 0.0697. The molecular weight excluding hydrogens is 280 g/mol. The number of ether oxygens (including phenoxy) is 2. The smallest absolute Gasteiger partial charge is 0.335 e. The molecule has 0 spiro atoms. The fourth-order valence-corrected chi connectivity index (χ4v) is 1.93. The van der Waals surface area contributed by atoms with Crippen LogP contribution in [0.2, 0.25) is 5.02 Å². The van der Waals surface area contributed by atoms with E-state index in [9.17, 15) is 4.79 Å². The van der Waals surface area contributed by atoms with Gasteiger partial charge in [0.1, 0.15) is 11.5 Å². The Morgan fingerprint density at radius 2 is 2.05 bits per heavy atom. The first-order chi connectivity index (χ1) is 9.60. The molecule has 2 aromatic carbocycles. The lowest BCUT2D eigenvalue weighted by atomic mass is 10.2. The van der Waals surface area contributed by atoms with Gasteiger partial charge in [-0.2, -0.15) is 0 Å². The van der Waals surface area contributed by atoms with Crippen LogP contribution in [0.3, 0.4) is 0 Å². The molecule has 1 N–H and O–H groups in total. The monoisotopic (exact) mass is 292 g/mol. The van der Waals surface area contributed by atoms with Gasteiger partial charge < -0.3 is 14.6 Å². The Balaban J connectivity index is 2.21. The molecule has 2 rings (SSSR count). The lowest BCUT2D eigenvalue weighted by Gasteiger charge is -2.09. The van der Waals surface area contributed by atoms with E-state index in [2.05, 4.69) is 0 Å². The minimum absolute atomic E-state index is 0.121. The number of benzene rings is 2. The Bertz CT molecular complexity index is 625. The quantitative estimate of drug-likeness (QED) is 0.905. The van der Waals surface area contributed by atoms with Crippen molar-refractivity contribution in [2.45, 2.75) is 6.61 Å². The van der Waals surface area contributed by atoms with Crippen LogP contribution in [0.5, 0.6) is 11.5 Å². The highest BCUT2D eigenvalue weighted by atomic mass is 35.5. The van der Waals surface area contributed by atoms with E-state index in [0.717, 1.165) is 5.56 Å². The molecule has 0 aliphatic rings. The molecule has 0 atom stereocenters. The second-order valence-corrected chi connectivity index (χ2v) is 4.54. The van der Waals surface area contributed by atoms with E-state index < -0.39 is 5.97 Å². The van der Waals surface area contributed by atoms with Crippen molar-refractivity contribution in [1.82, 2.24) is 0 Å². The van der Waals surface area contributed by atoms with Gasteiger partial charge in [0.15, 0.2) is 0 Å². The minimum Gasteiger partial charge on any atom is -0.478 e. The molecule has 0 fully saturated rings. The van der Waals surface area contributed by atoms with E-state index in [4.69, 9.17) is 26.2 Å². The van der Waals surface area contributed by atoms with Gasteiger partial charge in [-0.25, -0.2) is 4.79 Å². The molecule has 4 nitrogen and oxygen atoms in total. The molecule has 0 radical (unpaired) electrons. The summed E-state index contributed by atoms with van der Waals surface area (Å²) in [5.41, 5.74) is 1.10. The first kappa shape index (κ1) is 14.4. The number of carbonyl (C=O) groups is 1. The molecule has 0 saturated heterocycles. The molecule has 5 heteroatoms. The minimum atomic E-state index is -1.03. The van der Waals surface area contributed by atoms with E-state index in [1.807, 2.05) is 18.2 Å². The van der Waals surface area contributed by atoms with E-state index in [1.165, 1.54) is 18.2 Å². The highest BCUT2D eigenvalue weighted by molar-refractivity contribution is 6.32. The van der Waals surface area contributed by atoms with E-state index in [1.54, 1.807) is 13.2 Å². The maximum Gasteiger partial charge on any atom is 0.335 e. The van der Waals surface area contributed by atoms with Crippen LogP contribution in [-0.2, 0) is 11.3 Å². The van der Waals surface area contributed by atoms with Crippen LogP contribution in [0.4, 0.5) is 0 Å². The fraction of sp³-hybridized carbons (Fsp3) is 0.133. The van der Waals surface area contributed by atoms with Gasteiger partial charge in [0, 0.05) is 7.11 Å². The van der Waals surface area contributed by atoms with Gasteiger partial charge >= 0.3 is 5.97 Å². The van der Waals surface area contributed by atoms with Gasteiger partial charge in [-0.05, 0) is 35.9 Å². The van der Waals surface area contributed by atoms with Crippen LogP contribution < -0.4 is 4.74 Å². The third-order valence-corrected chi connectivity index (χ3v) is 2.91. The summed E-state index contributed by atoms with van der Waals surface area (Å²) in [6.45, 7) is 0.489. The average Bonchev–Trinajstić information content (AvgIpc) is 2.42. The largest absolute Gasteiger partial charge is 0.478 e. The normalized spacial score (nSPS) is 10.3. The molecule has 0 aliphatic carbocycles. The summed E-state index contributed by atoms with van der Waals surface area (Å²) in [5, 5.41) is 9.12. The number of halogens is 1. The van der Waals surface area contributed by atoms with Gasteiger partial charge in [-0.15, -0.1) is 0 Å². The fourth-order valence-electron chi connectivity index (χ4n) is 1.71. The van der Waals surface area contributed by atoms with Gasteiger partial charge in [-0.1, -0.05) is 23.7 Å². The highest BCUT2D eigenvalue weighted by Gasteiger charge is 2.09. The van der Waals surface area contributed by atoms with Crippen molar-refractivity contribution in [3.63, 3.8) is 0 Å². The van der Waals surface area contributed by atoms with Gasteiger partial charge in [0.2, 0.25) is 0 Å². The van der Waals surface area contributed by atoms with Crippen LogP contribution in [-0.4, -0.2) is 18.2 Å². The SMILES string of the molecule is COCc1cccc(Oc2ccc(C(=O)O)cc2Cl)c1. The van der Waals surface area contributed by atoms with E-state index in [0.29, 0.717) is 18.1 Å². The molecular formula is C15H13ClO4. The van der Waals surface area contributed by atoms with Crippen molar-refractivity contribution >= 4 is 17.6 Å². The van der Waals surface area contributed by atoms with Gasteiger partial charge in [0.25, 0.3) is 0 Å². The molecule has 20 heavy (non-hydrogen) atoms. The second-order valence-electron chi connectivity index (χ2n) is 4.13. The topological polar surface area (TPSA) is 55.8 Å². The van der Waals surface area contributed by atoms with Crippen molar-refractivity contribution in [3.05, 3.63) is 58.6 Å². The zero-order chi connectivity index (χ0) is 14.5. The highest BCUT2D eigenvalue weighted by Crippen LogP contribution is 2.30. The molecule has 0 aliphatic heterocycles. The number of hydrogen-bond acceptors (Lipinski definition) is 3. The molecule has 0 aromatic heterocycles.